The fraction of sp³-hybridized carbons (Fsp3) is 0.333. The van der Waals surface area contributed by atoms with Gasteiger partial charge in [-0.05, 0) is 18.2 Å². The number of hydrogen-bond acceptors (Lipinski definition) is 3. The molecule has 72 valence electrons. The summed E-state index contributed by atoms with van der Waals surface area (Å²) in [6.07, 6.45) is -0.635. The van der Waals surface area contributed by atoms with E-state index in [-0.39, 0.29) is 6.61 Å². The Morgan fingerprint density at radius 2 is 2.23 bits per heavy atom. The third kappa shape index (κ3) is 4.13. The van der Waals surface area contributed by atoms with Crippen LogP contribution in [0.25, 0.3) is 0 Å². The molecule has 0 amide bonds. The summed E-state index contributed by atoms with van der Waals surface area (Å²) in [7, 11) is 0. The predicted molar refractivity (Wildman–Crippen MR) is 58.0 cm³/mol. The molecule has 2 nitrogen and oxygen atoms in total. The van der Waals surface area contributed by atoms with Crippen LogP contribution in [0.4, 0.5) is 0 Å². The van der Waals surface area contributed by atoms with Crippen molar-refractivity contribution in [1.82, 2.24) is 0 Å². The minimum atomic E-state index is -0.635. The molecule has 0 aliphatic carbocycles. The number of rotatable bonds is 4. The Hall–Kier alpha value is -0.0300. The molecule has 0 aliphatic rings. The lowest BCUT2D eigenvalue weighted by Gasteiger charge is -2.06. The molecule has 0 saturated carbocycles. The number of aliphatic hydroxyl groups is 2. The minimum absolute atomic E-state index is 0.180. The van der Waals surface area contributed by atoms with Gasteiger partial charge in [-0.1, -0.05) is 22.0 Å². The van der Waals surface area contributed by atoms with Gasteiger partial charge >= 0.3 is 0 Å². The van der Waals surface area contributed by atoms with Gasteiger partial charge in [0.2, 0.25) is 0 Å². The number of thioether (sulfide) groups is 1. The highest BCUT2D eigenvalue weighted by molar-refractivity contribution is 9.10. The Labute approximate surface area is 90.1 Å². The van der Waals surface area contributed by atoms with Crippen LogP contribution in [0.2, 0.25) is 0 Å². The Bertz CT molecular complexity index is 268. The maximum Gasteiger partial charge on any atom is 0.0864 e. The van der Waals surface area contributed by atoms with Gasteiger partial charge in [-0.25, -0.2) is 0 Å². The van der Waals surface area contributed by atoms with Gasteiger partial charge in [0.25, 0.3) is 0 Å². The van der Waals surface area contributed by atoms with E-state index in [0.29, 0.717) is 5.75 Å². The molecule has 1 atom stereocenters. The topological polar surface area (TPSA) is 40.5 Å². The van der Waals surface area contributed by atoms with Crippen LogP contribution in [0.3, 0.4) is 0 Å². The van der Waals surface area contributed by atoms with E-state index in [4.69, 9.17) is 10.2 Å². The van der Waals surface area contributed by atoms with E-state index in [0.717, 1.165) is 9.37 Å². The monoisotopic (exact) mass is 262 g/mol. The summed E-state index contributed by atoms with van der Waals surface area (Å²) in [6.45, 7) is -0.180. The second-order valence-electron chi connectivity index (χ2n) is 2.60. The van der Waals surface area contributed by atoms with Crippen LogP contribution in [0.1, 0.15) is 0 Å². The average molecular weight is 263 g/mol. The maximum atomic E-state index is 9.11. The van der Waals surface area contributed by atoms with Crippen LogP contribution < -0.4 is 0 Å². The molecule has 1 aromatic rings. The molecular formula is C9H11BrO2S. The average Bonchev–Trinajstić information content (AvgIpc) is 2.14. The van der Waals surface area contributed by atoms with Crippen LogP contribution in [0.5, 0.6) is 0 Å². The summed E-state index contributed by atoms with van der Waals surface area (Å²) in [5.41, 5.74) is 0. The quantitative estimate of drug-likeness (QED) is 0.815. The normalized spacial score (nSPS) is 12.8. The molecule has 1 rings (SSSR count). The molecule has 13 heavy (non-hydrogen) atoms. The summed E-state index contributed by atoms with van der Waals surface area (Å²) in [4.78, 5) is 1.09. The third-order valence-corrected chi connectivity index (χ3v) is 3.08. The lowest BCUT2D eigenvalue weighted by Crippen LogP contribution is -2.14. The molecule has 0 aromatic heterocycles. The predicted octanol–water partition coefficient (Wildman–Crippen LogP) is 1.89. The molecule has 0 unspecified atom stereocenters. The van der Waals surface area contributed by atoms with Gasteiger partial charge in [0.1, 0.15) is 0 Å². The van der Waals surface area contributed by atoms with Crippen LogP contribution in [0, 0.1) is 0 Å². The van der Waals surface area contributed by atoms with Crippen LogP contribution in [0.15, 0.2) is 33.6 Å². The zero-order chi connectivity index (χ0) is 9.68. The molecule has 0 heterocycles. The summed E-state index contributed by atoms with van der Waals surface area (Å²) in [5, 5.41) is 17.7. The molecule has 0 aliphatic heterocycles. The van der Waals surface area contributed by atoms with Crippen molar-refractivity contribution in [2.24, 2.45) is 0 Å². The molecule has 4 heteroatoms. The minimum Gasteiger partial charge on any atom is -0.394 e. The van der Waals surface area contributed by atoms with Gasteiger partial charge in [-0.15, -0.1) is 11.8 Å². The summed E-state index contributed by atoms with van der Waals surface area (Å²) in [5.74, 6) is 0.521. The number of hydrogen-bond donors (Lipinski definition) is 2. The van der Waals surface area contributed by atoms with Gasteiger partial charge in [0.05, 0.1) is 12.7 Å². The molecular weight excluding hydrogens is 252 g/mol. The molecule has 0 radical (unpaired) electrons. The van der Waals surface area contributed by atoms with Crippen molar-refractivity contribution in [1.29, 1.82) is 0 Å². The van der Waals surface area contributed by atoms with Gasteiger partial charge in [0.15, 0.2) is 0 Å². The van der Waals surface area contributed by atoms with Crippen LogP contribution >= 0.6 is 27.7 Å². The van der Waals surface area contributed by atoms with Crippen molar-refractivity contribution in [2.75, 3.05) is 12.4 Å². The first kappa shape index (κ1) is 11.0. The van der Waals surface area contributed by atoms with Crippen molar-refractivity contribution in [2.45, 2.75) is 11.0 Å². The molecule has 0 spiro atoms. The molecule has 2 N–H and O–H groups in total. The Morgan fingerprint density at radius 3 is 2.85 bits per heavy atom. The number of halogens is 1. The largest absolute Gasteiger partial charge is 0.394 e. The van der Waals surface area contributed by atoms with E-state index in [1.165, 1.54) is 11.8 Å². The van der Waals surface area contributed by atoms with Gasteiger partial charge in [-0.3, -0.25) is 0 Å². The second kappa shape index (κ2) is 5.65. The van der Waals surface area contributed by atoms with E-state index in [1.807, 2.05) is 24.3 Å². The highest BCUT2D eigenvalue weighted by Crippen LogP contribution is 2.22. The lowest BCUT2D eigenvalue weighted by atomic mass is 10.4. The van der Waals surface area contributed by atoms with Gasteiger partial charge in [0, 0.05) is 15.1 Å². The van der Waals surface area contributed by atoms with Crippen LogP contribution in [-0.4, -0.2) is 28.7 Å². The second-order valence-corrected chi connectivity index (χ2v) is 4.61. The lowest BCUT2D eigenvalue weighted by molar-refractivity contribution is 0.113. The van der Waals surface area contributed by atoms with E-state index in [1.54, 1.807) is 0 Å². The number of aliphatic hydroxyl groups excluding tert-OH is 2. The van der Waals surface area contributed by atoms with E-state index >= 15 is 0 Å². The first-order chi connectivity index (χ1) is 6.22. The van der Waals surface area contributed by atoms with Gasteiger partial charge < -0.3 is 10.2 Å². The first-order valence-electron chi connectivity index (χ1n) is 3.89. The summed E-state index contributed by atoms with van der Waals surface area (Å²) < 4.78 is 1.02. The zero-order valence-electron chi connectivity index (χ0n) is 6.98. The molecule has 0 fully saturated rings. The van der Waals surface area contributed by atoms with E-state index in [2.05, 4.69) is 15.9 Å². The van der Waals surface area contributed by atoms with Gasteiger partial charge in [-0.2, -0.15) is 0 Å². The fourth-order valence-corrected chi connectivity index (χ4v) is 2.23. The van der Waals surface area contributed by atoms with Crippen molar-refractivity contribution in [3.8, 4) is 0 Å². The molecule has 0 bridgehead atoms. The maximum absolute atomic E-state index is 9.11. The smallest absolute Gasteiger partial charge is 0.0864 e. The van der Waals surface area contributed by atoms with E-state index < -0.39 is 6.10 Å². The highest BCUT2D eigenvalue weighted by atomic mass is 79.9. The van der Waals surface area contributed by atoms with E-state index in [9.17, 15) is 0 Å². The molecule has 0 saturated heterocycles. The summed E-state index contributed by atoms with van der Waals surface area (Å²) >= 11 is 4.89. The Kier molecular flexibility index (Phi) is 4.80. The van der Waals surface area contributed by atoms with Crippen molar-refractivity contribution < 1.29 is 10.2 Å². The van der Waals surface area contributed by atoms with Crippen molar-refractivity contribution in [3.05, 3.63) is 28.7 Å². The highest BCUT2D eigenvalue weighted by Gasteiger charge is 2.02. The Morgan fingerprint density at radius 1 is 1.46 bits per heavy atom. The number of benzene rings is 1. The van der Waals surface area contributed by atoms with Crippen molar-refractivity contribution >= 4 is 27.7 Å². The fourth-order valence-electron chi connectivity index (χ4n) is 0.802. The molecule has 1 aromatic carbocycles. The van der Waals surface area contributed by atoms with Crippen LogP contribution in [-0.2, 0) is 0 Å². The SMILES string of the molecule is OC[C@@H](O)CSc1cccc(Br)c1. The Balaban J connectivity index is 2.45. The first-order valence-corrected chi connectivity index (χ1v) is 5.67. The summed E-state index contributed by atoms with van der Waals surface area (Å²) in [6, 6.07) is 7.85. The standard InChI is InChI=1S/C9H11BrO2S/c10-7-2-1-3-9(4-7)13-6-8(12)5-11/h1-4,8,11-12H,5-6H2/t8-/m1/s1. The third-order valence-electron chi connectivity index (χ3n) is 1.45. The zero-order valence-corrected chi connectivity index (χ0v) is 9.38. The van der Waals surface area contributed by atoms with Crippen molar-refractivity contribution in [3.63, 3.8) is 0 Å².